The van der Waals surface area contributed by atoms with Gasteiger partial charge in [-0.05, 0) is 17.8 Å². The van der Waals surface area contributed by atoms with Crippen LogP contribution in [0.3, 0.4) is 0 Å². The van der Waals surface area contributed by atoms with Crippen LogP contribution in [0.2, 0.25) is 0 Å². The standard InChI is InChI=1S/C10H22O.CO2/c1-8(2,3)10(7,11)9(4,5)6;2-1-3/h11H,1-7H3;. The molecule has 0 aromatic heterocycles. The van der Waals surface area contributed by atoms with Gasteiger partial charge in [0.15, 0.2) is 0 Å². The Kier molecular flexibility index (Phi) is 5.32. The molecule has 0 saturated carbocycles. The summed E-state index contributed by atoms with van der Waals surface area (Å²) in [5, 5.41) is 10.2. The van der Waals surface area contributed by atoms with Crippen LogP contribution in [0.15, 0.2) is 0 Å². The van der Waals surface area contributed by atoms with Crippen molar-refractivity contribution < 1.29 is 14.7 Å². The van der Waals surface area contributed by atoms with Gasteiger partial charge >= 0.3 is 6.15 Å². The van der Waals surface area contributed by atoms with Crippen molar-refractivity contribution in [3.8, 4) is 0 Å². The molecule has 0 aliphatic rings. The van der Waals surface area contributed by atoms with E-state index < -0.39 is 5.60 Å². The molecule has 0 radical (unpaired) electrons. The highest BCUT2D eigenvalue weighted by atomic mass is 16.3. The summed E-state index contributed by atoms with van der Waals surface area (Å²) in [6.45, 7) is 14.3. The molecule has 84 valence electrons. The molecule has 0 aliphatic heterocycles. The number of hydrogen-bond donors (Lipinski definition) is 1. The first-order valence-corrected chi connectivity index (χ1v) is 4.63. The second kappa shape index (κ2) is 4.72. The Morgan fingerprint density at radius 1 is 0.786 bits per heavy atom. The highest BCUT2D eigenvalue weighted by molar-refractivity contribution is 5.20. The predicted molar refractivity (Wildman–Crippen MR) is 54.5 cm³/mol. The third-order valence-electron chi connectivity index (χ3n) is 2.92. The van der Waals surface area contributed by atoms with Gasteiger partial charge < -0.3 is 5.11 Å². The average Bonchev–Trinajstić information content (AvgIpc) is 1.83. The van der Waals surface area contributed by atoms with E-state index >= 15 is 0 Å². The minimum Gasteiger partial charge on any atom is -0.389 e. The second-order valence-corrected chi connectivity index (χ2v) is 5.66. The number of carbonyl (C=O) groups excluding carboxylic acids is 2. The zero-order chi connectivity index (χ0) is 12.2. The summed E-state index contributed by atoms with van der Waals surface area (Å²) in [5.74, 6) is 0. The van der Waals surface area contributed by atoms with Crippen molar-refractivity contribution >= 4 is 6.15 Å². The van der Waals surface area contributed by atoms with Crippen LogP contribution < -0.4 is 0 Å². The van der Waals surface area contributed by atoms with Gasteiger partial charge in [-0.2, -0.15) is 9.59 Å². The van der Waals surface area contributed by atoms with Crippen molar-refractivity contribution in [3.05, 3.63) is 0 Å². The highest BCUT2D eigenvalue weighted by Gasteiger charge is 2.44. The maximum absolute atomic E-state index is 10.2. The molecule has 0 amide bonds. The minimum atomic E-state index is -0.625. The van der Waals surface area contributed by atoms with Gasteiger partial charge in [0.25, 0.3) is 0 Å². The summed E-state index contributed by atoms with van der Waals surface area (Å²) in [5.41, 5.74) is -0.753. The van der Waals surface area contributed by atoms with Crippen LogP contribution in [0.4, 0.5) is 0 Å². The molecule has 0 rings (SSSR count). The fraction of sp³-hybridized carbons (Fsp3) is 0.909. The zero-order valence-electron chi connectivity index (χ0n) is 10.3. The molecule has 0 aromatic carbocycles. The fourth-order valence-electron chi connectivity index (χ4n) is 1.12. The molecule has 0 bridgehead atoms. The Morgan fingerprint density at radius 2 is 0.929 bits per heavy atom. The first-order chi connectivity index (χ1) is 5.91. The topological polar surface area (TPSA) is 54.4 Å². The van der Waals surface area contributed by atoms with Gasteiger partial charge in [0.2, 0.25) is 0 Å². The third-order valence-corrected chi connectivity index (χ3v) is 2.92. The van der Waals surface area contributed by atoms with Crippen molar-refractivity contribution in [3.63, 3.8) is 0 Å². The van der Waals surface area contributed by atoms with E-state index in [-0.39, 0.29) is 17.0 Å². The molecular weight excluding hydrogens is 180 g/mol. The SMILES string of the molecule is CC(C)(C)C(C)(O)C(C)(C)C.O=C=O. The van der Waals surface area contributed by atoms with Gasteiger partial charge in [0, 0.05) is 0 Å². The van der Waals surface area contributed by atoms with E-state index in [4.69, 9.17) is 9.59 Å². The molecule has 0 aliphatic carbocycles. The molecule has 0 spiro atoms. The Balaban J connectivity index is 0. The summed E-state index contributed by atoms with van der Waals surface area (Å²) in [6, 6.07) is 0. The van der Waals surface area contributed by atoms with Gasteiger partial charge in [0.05, 0.1) is 5.60 Å². The lowest BCUT2D eigenvalue weighted by molar-refractivity contribution is -0.191. The Labute approximate surface area is 86.5 Å². The maximum atomic E-state index is 10.2. The Morgan fingerprint density at radius 3 is 0.929 bits per heavy atom. The van der Waals surface area contributed by atoms with E-state index in [0.717, 1.165) is 0 Å². The summed E-state index contributed by atoms with van der Waals surface area (Å²) < 4.78 is 0. The maximum Gasteiger partial charge on any atom is 0.373 e. The Bertz CT molecular complexity index is 182. The van der Waals surface area contributed by atoms with E-state index in [1.807, 2.05) is 6.92 Å². The largest absolute Gasteiger partial charge is 0.389 e. The smallest absolute Gasteiger partial charge is 0.373 e. The molecule has 0 heterocycles. The summed E-state index contributed by atoms with van der Waals surface area (Å²) >= 11 is 0. The van der Waals surface area contributed by atoms with Crippen molar-refractivity contribution in [1.82, 2.24) is 0 Å². The van der Waals surface area contributed by atoms with Crippen LogP contribution in [0.25, 0.3) is 0 Å². The molecular formula is C11H22O3. The van der Waals surface area contributed by atoms with E-state index in [9.17, 15) is 5.11 Å². The molecule has 0 unspecified atom stereocenters. The molecule has 3 nitrogen and oxygen atoms in total. The highest BCUT2D eigenvalue weighted by Crippen LogP contribution is 2.43. The second-order valence-electron chi connectivity index (χ2n) is 5.66. The van der Waals surface area contributed by atoms with Crippen LogP contribution in [0, 0.1) is 10.8 Å². The molecule has 3 heteroatoms. The lowest BCUT2D eigenvalue weighted by atomic mass is 9.64. The fourth-order valence-corrected chi connectivity index (χ4v) is 1.12. The van der Waals surface area contributed by atoms with Gasteiger partial charge in [-0.1, -0.05) is 41.5 Å². The van der Waals surface area contributed by atoms with E-state index in [1.165, 1.54) is 0 Å². The zero-order valence-corrected chi connectivity index (χ0v) is 10.3. The van der Waals surface area contributed by atoms with Crippen molar-refractivity contribution in [2.24, 2.45) is 10.8 Å². The van der Waals surface area contributed by atoms with Crippen molar-refractivity contribution in [1.29, 1.82) is 0 Å². The number of rotatable bonds is 0. The third kappa shape index (κ3) is 4.03. The predicted octanol–water partition coefficient (Wildman–Crippen LogP) is 2.25. The normalized spacial score (nSPS) is 12.6. The number of aliphatic hydroxyl groups is 1. The minimum absolute atomic E-state index is 0.0642. The van der Waals surface area contributed by atoms with Crippen LogP contribution in [-0.2, 0) is 9.59 Å². The van der Waals surface area contributed by atoms with Gasteiger partial charge in [-0.25, -0.2) is 0 Å². The quantitative estimate of drug-likeness (QED) is 0.655. The van der Waals surface area contributed by atoms with E-state index in [1.54, 1.807) is 0 Å². The van der Waals surface area contributed by atoms with Crippen molar-refractivity contribution in [2.75, 3.05) is 0 Å². The monoisotopic (exact) mass is 202 g/mol. The molecule has 0 fully saturated rings. The summed E-state index contributed by atoms with van der Waals surface area (Å²) in [4.78, 5) is 16.2. The van der Waals surface area contributed by atoms with Crippen molar-refractivity contribution in [2.45, 2.75) is 54.1 Å². The summed E-state index contributed by atoms with van der Waals surface area (Å²) in [7, 11) is 0. The molecule has 14 heavy (non-hydrogen) atoms. The van der Waals surface area contributed by atoms with E-state index in [0.29, 0.717) is 0 Å². The number of hydrogen-bond acceptors (Lipinski definition) is 3. The van der Waals surface area contributed by atoms with Gasteiger partial charge in [-0.3, -0.25) is 0 Å². The van der Waals surface area contributed by atoms with Crippen LogP contribution in [-0.4, -0.2) is 16.9 Å². The lowest BCUT2D eigenvalue weighted by Gasteiger charge is -2.47. The van der Waals surface area contributed by atoms with E-state index in [2.05, 4.69) is 41.5 Å². The van der Waals surface area contributed by atoms with Gasteiger partial charge in [-0.15, -0.1) is 0 Å². The van der Waals surface area contributed by atoms with Crippen LogP contribution in [0.5, 0.6) is 0 Å². The first kappa shape index (κ1) is 15.8. The molecule has 1 N–H and O–H groups in total. The molecule has 0 aromatic rings. The first-order valence-electron chi connectivity index (χ1n) is 4.63. The Hall–Kier alpha value is -0.660. The van der Waals surface area contributed by atoms with Crippen LogP contribution in [0.1, 0.15) is 48.5 Å². The van der Waals surface area contributed by atoms with Gasteiger partial charge in [0.1, 0.15) is 0 Å². The molecule has 0 atom stereocenters. The van der Waals surface area contributed by atoms with Crippen LogP contribution >= 0.6 is 0 Å². The summed E-state index contributed by atoms with van der Waals surface area (Å²) in [6.07, 6.45) is 0.250. The molecule has 0 saturated heterocycles. The average molecular weight is 202 g/mol. The lowest BCUT2D eigenvalue weighted by Crippen LogP contribution is -2.50.